The number of nitrogens with one attached hydrogen (secondary N) is 1. The van der Waals surface area contributed by atoms with E-state index >= 15 is 0 Å². The van der Waals surface area contributed by atoms with Gasteiger partial charge in [-0.05, 0) is 51.4 Å². The van der Waals surface area contributed by atoms with Crippen LogP contribution in [0.25, 0.3) is 0 Å². The van der Waals surface area contributed by atoms with Crippen LogP contribution in [0.15, 0.2) is 24.3 Å². The Balaban J connectivity index is 4.57. The molecule has 0 aromatic heterocycles. The van der Waals surface area contributed by atoms with Gasteiger partial charge < -0.3 is 20.3 Å². The van der Waals surface area contributed by atoms with Crippen molar-refractivity contribution in [3.8, 4) is 0 Å². The zero-order valence-corrected chi connectivity index (χ0v) is 43.2. The summed E-state index contributed by atoms with van der Waals surface area (Å²) in [5.41, 5.74) is 0. The van der Waals surface area contributed by atoms with E-state index < -0.39 is 18.2 Å². The number of hydrogen-bond donors (Lipinski definition) is 3. The number of amides is 1. The number of unbranched alkanes of at least 4 members (excludes halogenated alkanes) is 37. The molecule has 0 rings (SSSR count). The Morgan fingerprint density at radius 3 is 1.16 bits per heavy atom. The monoisotopic (exact) mass is 902 g/mol. The molecule has 0 aromatic carbocycles. The van der Waals surface area contributed by atoms with Crippen molar-refractivity contribution in [3.63, 3.8) is 0 Å². The van der Waals surface area contributed by atoms with Crippen LogP contribution in [-0.2, 0) is 14.3 Å². The molecular formula is C58H111NO5. The van der Waals surface area contributed by atoms with E-state index in [4.69, 9.17) is 4.74 Å². The lowest BCUT2D eigenvalue weighted by molar-refractivity contribution is -0.151. The maximum atomic E-state index is 13.3. The van der Waals surface area contributed by atoms with Crippen LogP contribution in [0.5, 0.6) is 0 Å². The van der Waals surface area contributed by atoms with E-state index in [1.165, 1.54) is 205 Å². The van der Waals surface area contributed by atoms with Gasteiger partial charge in [0.1, 0.15) is 6.10 Å². The van der Waals surface area contributed by atoms with Crippen LogP contribution in [-0.4, -0.2) is 46.9 Å². The Bertz CT molecular complexity index is 1010. The smallest absolute Gasteiger partial charge is 0.306 e. The van der Waals surface area contributed by atoms with E-state index in [2.05, 4.69) is 50.4 Å². The Morgan fingerprint density at radius 2 is 0.781 bits per heavy atom. The first-order valence-electron chi connectivity index (χ1n) is 28.6. The van der Waals surface area contributed by atoms with Crippen LogP contribution in [0.2, 0.25) is 0 Å². The van der Waals surface area contributed by atoms with E-state index in [1.54, 1.807) is 0 Å². The number of aliphatic hydroxyl groups excluding tert-OH is 2. The molecule has 0 spiro atoms. The summed E-state index contributed by atoms with van der Waals surface area (Å²) in [7, 11) is 0. The minimum absolute atomic E-state index is 0.0731. The molecule has 0 radical (unpaired) electrons. The SMILES string of the molecule is CCCCCCCCC/C=C/C=C/CCCCCC(=O)OC(CCCCCCCCCCCCCCCCC)CC(=O)NC(CO)C(O)CCCCCCCCCCCCCCCC. The molecular weight excluding hydrogens is 791 g/mol. The fourth-order valence-corrected chi connectivity index (χ4v) is 8.95. The normalized spacial score (nSPS) is 13.3. The summed E-state index contributed by atoms with van der Waals surface area (Å²) in [6.45, 7) is 6.51. The van der Waals surface area contributed by atoms with Crippen molar-refractivity contribution in [2.75, 3.05) is 6.61 Å². The standard InChI is InChI=1S/C58H111NO5/c1-4-7-10-13-16-19-22-25-28-30-33-36-39-42-45-48-51-58(63)64-54(49-46-43-40-37-34-31-29-26-23-20-17-14-11-8-5-2)52-57(62)59-55(53-60)56(61)50-47-44-41-38-35-32-27-24-21-18-15-12-9-6-3/h28,30,33,36,54-56,60-61H,4-27,29,31-32,34-35,37-53H2,1-3H3,(H,59,62)/b30-28+,36-33+. The largest absolute Gasteiger partial charge is 0.462 e. The summed E-state index contributed by atoms with van der Waals surface area (Å²) in [6, 6.07) is -0.703. The number of carbonyl (C=O) groups is 2. The molecule has 0 aliphatic carbocycles. The third kappa shape index (κ3) is 46.9. The molecule has 0 fully saturated rings. The number of allylic oxidation sites excluding steroid dienone is 4. The Hall–Kier alpha value is -1.66. The molecule has 64 heavy (non-hydrogen) atoms. The van der Waals surface area contributed by atoms with Gasteiger partial charge in [-0.1, -0.05) is 270 Å². The minimum Gasteiger partial charge on any atom is -0.462 e. The van der Waals surface area contributed by atoms with Gasteiger partial charge in [0.05, 0.1) is 25.2 Å². The Kier molecular flexibility index (Phi) is 51.0. The van der Waals surface area contributed by atoms with E-state index in [9.17, 15) is 19.8 Å². The fourth-order valence-electron chi connectivity index (χ4n) is 8.95. The van der Waals surface area contributed by atoms with Gasteiger partial charge in [-0.25, -0.2) is 0 Å². The number of hydrogen-bond acceptors (Lipinski definition) is 5. The molecule has 0 heterocycles. The molecule has 3 unspecified atom stereocenters. The molecule has 3 N–H and O–H groups in total. The summed E-state index contributed by atoms with van der Waals surface area (Å²) >= 11 is 0. The molecule has 0 saturated heterocycles. The first kappa shape index (κ1) is 62.3. The van der Waals surface area contributed by atoms with Crippen molar-refractivity contribution in [1.29, 1.82) is 0 Å². The number of carbonyl (C=O) groups excluding carboxylic acids is 2. The number of ether oxygens (including phenoxy) is 1. The van der Waals surface area contributed by atoms with E-state index in [0.717, 1.165) is 57.8 Å². The summed E-state index contributed by atoms with van der Waals surface area (Å²) in [5, 5.41) is 23.9. The van der Waals surface area contributed by atoms with Crippen LogP contribution < -0.4 is 5.32 Å². The van der Waals surface area contributed by atoms with Gasteiger partial charge in [0.2, 0.25) is 5.91 Å². The van der Waals surface area contributed by atoms with Gasteiger partial charge >= 0.3 is 5.97 Å². The van der Waals surface area contributed by atoms with Crippen molar-refractivity contribution in [2.24, 2.45) is 0 Å². The topological polar surface area (TPSA) is 95.9 Å². The molecule has 0 bridgehead atoms. The zero-order chi connectivity index (χ0) is 46.7. The number of rotatable bonds is 52. The maximum absolute atomic E-state index is 13.3. The predicted molar refractivity (Wildman–Crippen MR) is 278 cm³/mol. The highest BCUT2D eigenvalue weighted by molar-refractivity contribution is 5.77. The summed E-state index contributed by atoms with van der Waals surface area (Å²) in [4.78, 5) is 26.2. The second kappa shape index (κ2) is 52.3. The van der Waals surface area contributed by atoms with E-state index in [1.807, 2.05) is 0 Å². The Morgan fingerprint density at radius 1 is 0.453 bits per heavy atom. The maximum Gasteiger partial charge on any atom is 0.306 e. The molecule has 0 aromatic rings. The van der Waals surface area contributed by atoms with Crippen LogP contribution in [0.4, 0.5) is 0 Å². The number of aliphatic hydroxyl groups is 2. The highest BCUT2D eigenvalue weighted by Gasteiger charge is 2.24. The lowest BCUT2D eigenvalue weighted by Gasteiger charge is -2.24. The second-order valence-electron chi connectivity index (χ2n) is 19.7. The van der Waals surface area contributed by atoms with Crippen LogP contribution in [0.1, 0.15) is 310 Å². The summed E-state index contributed by atoms with van der Waals surface area (Å²) in [6.07, 6.45) is 61.0. The first-order chi connectivity index (χ1) is 31.5. The van der Waals surface area contributed by atoms with Crippen LogP contribution in [0, 0.1) is 0 Å². The Labute approximate surface area is 399 Å². The number of esters is 1. The third-order valence-electron chi connectivity index (χ3n) is 13.3. The molecule has 6 nitrogen and oxygen atoms in total. The lowest BCUT2D eigenvalue weighted by atomic mass is 10.0. The summed E-state index contributed by atoms with van der Waals surface area (Å²) < 4.78 is 5.95. The molecule has 378 valence electrons. The van der Waals surface area contributed by atoms with Crippen LogP contribution >= 0.6 is 0 Å². The lowest BCUT2D eigenvalue weighted by Crippen LogP contribution is -2.46. The molecule has 0 aliphatic rings. The highest BCUT2D eigenvalue weighted by Crippen LogP contribution is 2.19. The van der Waals surface area contributed by atoms with Crippen molar-refractivity contribution < 1.29 is 24.5 Å². The van der Waals surface area contributed by atoms with Gasteiger partial charge in [0.25, 0.3) is 0 Å². The van der Waals surface area contributed by atoms with Gasteiger partial charge in [-0.2, -0.15) is 0 Å². The van der Waals surface area contributed by atoms with Crippen molar-refractivity contribution in [2.45, 2.75) is 328 Å². The average molecular weight is 903 g/mol. The van der Waals surface area contributed by atoms with Gasteiger partial charge in [0.15, 0.2) is 0 Å². The first-order valence-corrected chi connectivity index (χ1v) is 28.6. The second-order valence-corrected chi connectivity index (χ2v) is 19.7. The fraction of sp³-hybridized carbons (Fsp3) is 0.897. The highest BCUT2D eigenvalue weighted by atomic mass is 16.5. The van der Waals surface area contributed by atoms with Crippen LogP contribution in [0.3, 0.4) is 0 Å². The summed E-state index contributed by atoms with van der Waals surface area (Å²) in [5.74, 6) is -0.486. The van der Waals surface area contributed by atoms with Gasteiger partial charge in [-0.3, -0.25) is 9.59 Å². The molecule has 6 heteroatoms. The van der Waals surface area contributed by atoms with Crippen molar-refractivity contribution in [3.05, 3.63) is 24.3 Å². The average Bonchev–Trinajstić information content (AvgIpc) is 3.29. The van der Waals surface area contributed by atoms with Crippen molar-refractivity contribution in [1.82, 2.24) is 5.32 Å². The van der Waals surface area contributed by atoms with Gasteiger partial charge in [0, 0.05) is 6.42 Å². The van der Waals surface area contributed by atoms with Crippen molar-refractivity contribution >= 4 is 11.9 Å². The minimum atomic E-state index is -0.788. The molecule has 0 aliphatic heterocycles. The molecule has 1 amide bonds. The van der Waals surface area contributed by atoms with E-state index in [0.29, 0.717) is 19.3 Å². The zero-order valence-electron chi connectivity index (χ0n) is 43.2. The quantitative estimate of drug-likeness (QED) is 0.0321. The molecule has 0 saturated carbocycles. The predicted octanol–water partition coefficient (Wildman–Crippen LogP) is 17.5. The third-order valence-corrected chi connectivity index (χ3v) is 13.3. The van der Waals surface area contributed by atoms with Gasteiger partial charge in [-0.15, -0.1) is 0 Å². The van der Waals surface area contributed by atoms with E-state index in [-0.39, 0.29) is 24.9 Å². The molecule has 3 atom stereocenters.